The molecule has 1 saturated carbocycles. The van der Waals surface area contributed by atoms with E-state index in [1.54, 1.807) is 80.4 Å². The summed E-state index contributed by atoms with van der Waals surface area (Å²) in [5.41, 5.74) is 1.44. The van der Waals surface area contributed by atoms with Crippen molar-refractivity contribution >= 4 is 50.7 Å². The van der Waals surface area contributed by atoms with Crippen LogP contribution in [0.15, 0.2) is 72.9 Å². The maximum Gasteiger partial charge on any atom is 0.253 e. The molecule has 0 bridgehead atoms. The predicted molar refractivity (Wildman–Crippen MR) is 168 cm³/mol. The van der Waals surface area contributed by atoms with Crippen LogP contribution in [0.1, 0.15) is 63.3 Å². The van der Waals surface area contributed by atoms with Crippen molar-refractivity contribution in [3.63, 3.8) is 0 Å². The van der Waals surface area contributed by atoms with Crippen molar-refractivity contribution < 1.29 is 22.7 Å². The van der Waals surface area contributed by atoms with Gasteiger partial charge in [-0.15, -0.1) is 0 Å². The van der Waals surface area contributed by atoms with Gasteiger partial charge in [-0.1, -0.05) is 53.5 Å². The second kappa shape index (κ2) is 12.6. The first-order valence-corrected chi connectivity index (χ1v) is 16.7. The third-order valence-electron chi connectivity index (χ3n) is 7.97. The number of carbonyl (C=O) groups excluding carboxylic acids is 2. The number of carbonyl (C=O) groups is 2. The van der Waals surface area contributed by atoms with E-state index in [-0.39, 0.29) is 18.1 Å². The zero-order valence-electron chi connectivity index (χ0n) is 24.2. The monoisotopic (exact) mass is 643 g/mol. The van der Waals surface area contributed by atoms with Gasteiger partial charge in [0.1, 0.15) is 18.0 Å². The van der Waals surface area contributed by atoms with E-state index in [0.29, 0.717) is 21.4 Å². The molecule has 2 aliphatic rings. The Morgan fingerprint density at radius 1 is 1.02 bits per heavy atom. The summed E-state index contributed by atoms with van der Waals surface area (Å²) >= 11 is 12.6. The first kappa shape index (κ1) is 31.4. The summed E-state index contributed by atoms with van der Waals surface area (Å²) in [5, 5.41) is 3.74. The average Bonchev–Trinajstić information content (AvgIpc) is 3.79. The Balaban J connectivity index is 1.60. The van der Waals surface area contributed by atoms with Crippen LogP contribution in [0.4, 0.5) is 5.82 Å². The number of hydrogen-bond acceptors (Lipinski definition) is 6. The number of amides is 2. The van der Waals surface area contributed by atoms with Crippen molar-refractivity contribution in [2.24, 2.45) is 5.92 Å². The topological polar surface area (TPSA) is 106 Å². The van der Waals surface area contributed by atoms with Crippen molar-refractivity contribution in [1.82, 2.24) is 9.88 Å². The van der Waals surface area contributed by atoms with Crippen LogP contribution < -0.4 is 5.32 Å². The zero-order valence-corrected chi connectivity index (χ0v) is 26.6. The number of rotatable bonds is 9. The third kappa shape index (κ3) is 7.23. The molecule has 1 aromatic heterocycles. The summed E-state index contributed by atoms with van der Waals surface area (Å²) in [6.45, 7) is 5.01. The predicted octanol–water partition coefficient (Wildman–Crippen LogP) is 6.42. The molecule has 2 aromatic carbocycles. The molecule has 1 aliphatic heterocycles. The minimum Gasteiger partial charge on any atom is -0.357 e. The van der Waals surface area contributed by atoms with Gasteiger partial charge < -0.3 is 15.0 Å². The number of aromatic nitrogens is 1. The number of morpholine rings is 1. The maximum absolute atomic E-state index is 14.5. The Labute approximate surface area is 262 Å². The number of sulfone groups is 1. The number of ether oxygens (including phenoxy) is 1. The highest BCUT2D eigenvalue weighted by Crippen LogP contribution is 2.48. The van der Waals surface area contributed by atoms with Gasteiger partial charge in [0.15, 0.2) is 9.84 Å². The fraction of sp³-hybridized carbons (Fsp3) is 0.406. The Kier molecular flexibility index (Phi) is 9.18. The lowest BCUT2D eigenvalue weighted by atomic mass is 9.89. The molecule has 2 amide bonds. The Morgan fingerprint density at radius 2 is 1.74 bits per heavy atom. The molecule has 0 radical (unpaired) electrons. The van der Waals surface area contributed by atoms with Crippen LogP contribution in [0, 0.1) is 5.92 Å². The number of benzene rings is 2. The van der Waals surface area contributed by atoms with Gasteiger partial charge in [-0.25, -0.2) is 13.4 Å². The normalized spacial score (nSPS) is 21.8. The number of pyridine rings is 1. The molecule has 3 aromatic rings. The first-order valence-electron chi connectivity index (χ1n) is 14.3. The summed E-state index contributed by atoms with van der Waals surface area (Å²) in [4.78, 5) is 33.5. The van der Waals surface area contributed by atoms with Gasteiger partial charge in [-0.2, -0.15) is 0 Å². The molecule has 1 aliphatic carbocycles. The van der Waals surface area contributed by atoms with E-state index >= 15 is 0 Å². The molecular formula is C32H35Cl2N3O5S. The number of anilines is 1. The van der Waals surface area contributed by atoms with Crippen molar-refractivity contribution in [1.29, 1.82) is 0 Å². The number of nitrogens with one attached hydrogen (secondary N) is 1. The third-order valence-corrected chi connectivity index (χ3v) is 11.1. The molecule has 2 fully saturated rings. The van der Waals surface area contributed by atoms with Crippen molar-refractivity contribution in [3.05, 3.63) is 94.1 Å². The van der Waals surface area contributed by atoms with Gasteiger partial charge in [0.05, 0.1) is 23.0 Å². The Hall–Kier alpha value is -2.98. The Bertz CT molecular complexity index is 1570. The van der Waals surface area contributed by atoms with E-state index in [0.717, 1.165) is 18.4 Å². The number of nitrogens with zero attached hydrogens (tertiary/aromatic N) is 2. The van der Waals surface area contributed by atoms with Gasteiger partial charge in [-0.05, 0) is 87.1 Å². The lowest BCUT2D eigenvalue weighted by Gasteiger charge is -2.48. The molecule has 4 atom stereocenters. The highest BCUT2D eigenvalue weighted by molar-refractivity contribution is 7.92. The summed E-state index contributed by atoms with van der Waals surface area (Å²) in [6, 6.07) is 18.1. The quantitative estimate of drug-likeness (QED) is 0.288. The van der Waals surface area contributed by atoms with Crippen molar-refractivity contribution in [2.45, 2.75) is 69.1 Å². The van der Waals surface area contributed by atoms with Crippen LogP contribution in [0.2, 0.25) is 10.0 Å². The number of halogens is 2. The smallest absolute Gasteiger partial charge is 0.253 e. The SMILES string of the molecule is CC(C)(C)S(=O)(=O)C[C@H](C1CC1)N1C(=O)[C@@H](CC(=O)Nc2ccccn2)O[C@H](c2cccc(Cl)c2)[C@H]1c1ccc(Cl)cc1. The lowest BCUT2D eigenvalue weighted by Crippen LogP contribution is -2.58. The van der Waals surface area contributed by atoms with Crippen molar-refractivity contribution in [3.8, 4) is 0 Å². The number of hydrogen-bond donors (Lipinski definition) is 1. The molecule has 1 saturated heterocycles. The fourth-order valence-corrected chi connectivity index (χ4v) is 7.11. The van der Waals surface area contributed by atoms with Crippen LogP contribution in [0.25, 0.3) is 0 Å². The summed E-state index contributed by atoms with van der Waals surface area (Å²) in [5.74, 6) is -0.735. The maximum atomic E-state index is 14.5. The molecule has 228 valence electrons. The molecule has 43 heavy (non-hydrogen) atoms. The molecule has 8 nitrogen and oxygen atoms in total. The van der Waals surface area contributed by atoms with Gasteiger partial charge in [0.2, 0.25) is 5.91 Å². The van der Waals surface area contributed by atoms with Crippen LogP contribution in [-0.2, 0) is 24.2 Å². The molecule has 1 N–H and O–H groups in total. The molecule has 2 heterocycles. The minimum atomic E-state index is -3.62. The second-order valence-corrected chi connectivity index (χ2v) is 15.8. The molecular weight excluding hydrogens is 609 g/mol. The second-order valence-electron chi connectivity index (χ2n) is 12.1. The van der Waals surface area contributed by atoms with Gasteiger partial charge in [0, 0.05) is 22.3 Å². The molecule has 0 unspecified atom stereocenters. The fourth-order valence-electron chi connectivity index (χ4n) is 5.40. The minimum absolute atomic E-state index is 0.00279. The first-order chi connectivity index (χ1) is 20.3. The highest BCUT2D eigenvalue weighted by atomic mass is 35.5. The van der Waals surface area contributed by atoms with Crippen LogP contribution in [0.5, 0.6) is 0 Å². The standard InChI is InChI=1S/C32H35Cl2N3O5S/c1-32(2,3)43(40,41)19-25(20-10-11-20)37-29(21-12-14-23(33)15-13-21)30(22-7-6-8-24(34)17-22)42-26(31(37)39)18-28(38)36-27-9-4-5-16-35-27/h4-9,12-17,20,25-26,29-30H,10-11,18-19H2,1-3H3,(H,35,36,38)/t25-,26-,29-,30-/m1/s1. The lowest BCUT2D eigenvalue weighted by molar-refractivity contribution is -0.180. The van der Waals surface area contributed by atoms with E-state index in [1.807, 2.05) is 18.2 Å². The van der Waals surface area contributed by atoms with E-state index in [9.17, 15) is 18.0 Å². The highest BCUT2D eigenvalue weighted by Gasteiger charge is 2.52. The van der Waals surface area contributed by atoms with Crippen LogP contribution in [0.3, 0.4) is 0 Å². The van der Waals surface area contributed by atoms with Crippen LogP contribution >= 0.6 is 23.2 Å². The summed E-state index contributed by atoms with van der Waals surface area (Å²) < 4.78 is 32.7. The Morgan fingerprint density at radius 3 is 2.35 bits per heavy atom. The van der Waals surface area contributed by atoms with E-state index in [1.165, 1.54) is 0 Å². The molecule has 5 rings (SSSR count). The van der Waals surface area contributed by atoms with E-state index < -0.39 is 50.7 Å². The van der Waals surface area contributed by atoms with Gasteiger partial charge in [0.25, 0.3) is 5.91 Å². The van der Waals surface area contributed by atoms with Crippen LogP contribution in [-0.4, -0.2) is 52.8 Å². The van der Waals surface area contributed by atoms with E-state index in [2.05, 4.69) is 10.3 Å². The molecule has 0 spiro atoms. The average molecular weight is 645 g/mol. The summed E-state index contributed by atoms with van der Waals surface area (Å²) in [6.07, 6.45) is 0.962. The zero-order chi connectivity index (χ0) is 30.9. The van der Waals surface area contributed by atoms with Crippen molar-refractivity contribution in [2.75, 3.05) is 11.1 Å². The molecule has 11 heteroatoms. The van der Waals surface area contributed by atoms with Gasteiger partial charge in [-0.3, -0.25) is 9.59 Å². The summed E-state index contributed by atoms with van der Waals surface area (Å²) in [7, 11) is -3.62. The van der Waals surface area contributed by atoms with E-state index in [4.69, 9.17) is 27.9 Å². The van der Waals surface area contributed by atoms with Gasteiger partial charge >= 0.3 is 0 Å². The largest absolute Gasteiger partial charge is 0.357 e.